The van der Waals surface area contributed by atoms with Gasteiger partial charge in [-0.1, -0.05) is 0 Å². The van der Waals surface area contributed by atoms with Gasteiger partial charge in [0.15, 0.2) is 0 Å². The lowest BCUT2D eigenvalue weighted by Crippen LogP contribution is -2.46. The first-order valence-corrected chi connectivity index (χ1v) is 9.99. The van der Waals surface area contributed by atoms with E-state index in [2.05, 4.69) is 5.32 Å². The van der Waals surface area contributed by atoms with Gasteiger partial charge in [-0.3, -0.25) is 14.4 Å². The highest BCUT2D eigenvalue weighted by atomic mass is 16.5. The van der Waals surface area contributed by atoms with Crippen molar-refractivity contribution in [3.8, 4) is 5.75 Å². The second kappa shape index (κ2) is 7.11. The van der Waals surface area contributed by atoms with Crippen molar-refractivity contribution >= 4 is 23.4 Å². The van der Waals surface area contributed by atoms with E-state index >= 15 is 0 Å². The first kappa shape index (κ1) is 18.8. The van der Waals surface area contributed by atoms with Crippen LogP contribution < -0.4 is 10.1 Å². The molecular formula is C21H27N3O4. The minimum absolute atomic E-state index is 0.00382. The van der Waals surface area contributed by atoms with Crippen LogP contribution in [-0.2, 0) is 14.4 Å². The van der Waals surface area contributed by atoms with Crippen LogP contribution in [0.1, 0.15) is 44.1 Å². The van der Waals surface area contributed by atoms with Gasteiger partial charge in [-0.15, -0.1) is 0 Å². The van der Waals surface area contributed by atoms with Crippen LogP contribution in [0.3, 0.4) is 0 Å². The van der Waals surface area contributed by atoms with Crippen molar-refractivity contribution in [1.82, 2.24) is 9.80 Å². The summed E-state index contributed by atoms with van der Waals surface area (Å²) in [5.41, 5.74) is 1.51. The van der Waals surface area contributed by atoms with Gasteiger partial charge in [0, 0.05) is 50.1 Å². The predicted molar refractivity (Wildman–Crippen MR) is 104 cm³/mol. The fourth-order valence-electron chi connectivity index (χ4n) is 4.81. The lowest BCUT2D eigenvalue weighted by Gasteiger charge is -2.40. The Balaban J connectivity index is 1.49. The summed E-state index contributed by atoms with van der Waals surface area (Å²) in [4.78, 5) is 41.4. The molecule has 7 nitrogen and oxygen atoms in total. The smallest absolute Gasteiger partial charge is 0.230 e. The summed E-state index contributed by atoms with van der Waals surface area (Å²) in [5, 5.41) is 2.85. The van der Waals surface area contributed by atoms with Crippen LogP contribution in [0.2, 0.25) is 0 Å². The number of benzene rings is 1. The summed E-state index contributed by atoms with van der Waals surface area (Å²) < 4.78 is 5.30. The molecule has 0 unspecified atom stereocenters. The van der Waals surface area contributed by atoms with Crippen LogP contribution >= 0.6 is 0 Å². The average Bonchev–Trinajstić information content (AvgIpc) is 3.02. The van der Waals surface area contributed by atoms with E-state index in [0.717, 1.165) is 31.5 Å². The number of hydrogen-bond acceptors (Lipinski definition) is 4. The molecule has 3 aliphatic rings. The number of carbonyl (C=O) groups excluding carboxylic acids is 3. The van der Waals surface area contributed by atoms with Crippen LogP contribution in [0.4, 0.5) is 5.69 Å². The van der Waals surface area contributed by atoms with Gasteiger partial charge in [0.1, 0.15) is 5.75 Å². The maximum atomic E-state index is 13.3. The molecule has 2 fully saturated rings. The Labute approximate surface area is 165 Å². The molecule has 0 saturated carbocycles. The van der Waals surface area contributed by atoms with Gasteiger partial charge in [0.25, 0.3) is 0 Å². The third-order valence-electron chi connectivity index (χ3n) is 6.52. The number of likely N-dealkylation sites (tertiary alicyclic amines) is 2. The Morgan fingerprint density at radius 3 is 2.68 bits per heavy atom. The van der Waals surface area contributed by atoms with Crippen molar-refractivity contribution in [2.24, 2.45) is 5.41 Å². The van der Waals surface area contributed by atoms with E-state index in [0.29, 0.717) is 30.9 Å². The zero-order valence-corrected chi connectivity index (χ0v) is 16.5. The molecule has 0 aliphatic carbocycles. The number of carbonyl (C=O) groups is 3. The van der Waals surface area contributed by atoms with Crippen LogP contribution in [-0.4, -0.2) is 60.8 Å². The molecule has 7 heteroatoms. The molecule has 4 rings (SSSR count). The fraction of sp³-hybridized carbons (Fsp3) is 0.571. The maximum absolute atomic E-state index is 13.3. The Hall–Kier alpha value is -2.57. The minimum atomic E-state index is -0.481. The molecule has 1 aromatic carbocycles. The molecule has 0 bridgehead atoms. The molecule has 2 saturated heterocycles. The molecule has 150 valence electrons. The highest BCUT2D eigenvalue weighted by molar-refractivity contribution is 6.01. The number of anilines is 1. The maximum Gasteiger partial charge on any atom is 0.230 e. The molecule has 3 heterocycles. The number of rotatable bonds is 3. The minimum Gasteiger partial charge on any atom is -0.497 e. The monoisotopic (exact) mass is 385 g/mol. The van der Waals surface area contributed by atoms with Crippen molar-refractivity contribution < 1.29 is 19.1 Å². The lowest BCUT2D eigenvalue weighted by atomic mass is 9.77. The highest BCUT2D eigenvalue weighted by Crippen LogP contribution is 2.42. The molecule has 0 aromatic heterocycles. The van der Waals surface area contributed by atoms with E-state index in [-0.39, 0.29) is 29.6 Å². The van der Waals surface area contributed by atoms with Crippen LogP contribution in [0.5, 0.6) is 5.75 Å². The van der Waals surface area contributed by atoms with Crippen molar-refractivity contribution in [3.63, 3.8) is 0 Å². The molecule has 1 spiro atoms. The highest BCUT2D eigenvalue weighted by Gasteiger charge is 2.46. The van der Waals surface area contributed by atoms with Crippen molar-refractivity contribution in [1.29, 1.82) is 0 Å². The SMILES string of the molecule is CCN1CC2(CCN(C(=O)[C@@H]3CC(=O)Nc4ccc(OC)cc43)CC2)CC1=O. The first-order chi connectivity index (χ1) is 13.4. The van der Waals surface area contributed by atoms with Crippen molar-refractivity contribution in [2.45, 2.75) is 38.5 Å². The molecule has 1 atom stereocenters. The molecule has 28 heavy (non-hydrogen) atoms. The lowest BCUT2D eigenvalue weighted by molar-refractivity contribution is -0.137. The van der Waals surface area contributed by atoms with E-state index < -0.39 is 5.92 Å². The Kier molecular flexibility index (Phi) is 4.77. The standard InChI is InChI=1S/C21H27N3O4/c1-3-23-13-21(12-19(23)26)6-8-24(9-7-21)20(27)16-11-18(25)22-17-5-4-14(28-2)10-15(16)17/h4-5,10,16H,3,6-9,11-13H2,1-2H3,(H,22,25)/t16-/m1/s1. The quantitative estimate of drug-likeness (QED) is 0.863. The molecular weight excluding hydrogens is 358 g/mol. The van der Waals surface area contributed by atoms with Gasteiger partial charge in [0.2, 0.25) is 17.7 Å². The summed E-state index contributed by atoms with van der Waals surface area (Å²) in [6, 6.07) is 5.42. The molecule has 1 aromatic rings. The molecule has 3 amide bonds. The number of ether oxygens (including phenoxy) is 1. The zero-order valence-electron chi connectivity index (χ0n) is 16.5. The Morgan fingerprint density at radius 2 is 2.04 bits per heavy atom. The van der Waals surface area contributed by atoms with Crippen LogP contribution in [0.15, 0.2) is 18.2 Å². The number of piperidine rings is 1. The summed E-state index contributed by atoms with van der Waals surface area (Å²) in [5.74, 6) is 0.285. The van der Waals surface area contributed by atoms with Gasteiger partial charge >= 0.3 is 0 Å². The van der Waals surface area contributed by atoms with Gasteiger partial charge in [-0.05, 0) is 43.5 Å². The van der Waals surface area contributed by atoms with E-state index in [9.17, 15) is 14.4 Å². The summed E-state index contributed by atoms with van der Waals surface area (Å²) in [6.07, 6.45) is 2.42. The molecule has 3 aliphatic heterocycles. The second-order valence-electron chi connectivity index (χ2n) is 8.17. The summed E-state index contributed by atoms with van der Waals surface area (Å²) >= 11 is 0. The average molecular weight is 385 g/mol. The van der Waals surface area contributed by atoms with E-state index in [1.807, 2.05) is 22.8 Å². The molecule has 1 N–H and O–H groups in total. The van der Waals surface area contributed by atoms with E-state index in [1.54, 1.807) is 19.2 Å². The third-order valence-corrected chi connectivity index (χ3v) is 6.52. The zero-order chi connectivity index (χ0) is 19.9. The van der Waals surface area contributed by atoms with Gasteiger partial charge in [-0.2, -0.15) is 0 Å². The van der Waals surface area contributed by atoms with Gasteiger partial charge in [-0.25, -0.2) is 0 Å². The number of nitrogens with one attached hydrogen (secondary N) is 1. The third kappa shape index (κ3) is 3.23. The van der Waals surface area contributed by atoms with Gasteiger partial charge < -0.3 is 19.9 Å². The van der Waals surface area contributed by atoms with E-state index in [1.165, 1.54) is 0 Å². The number of fused-ring (bicyclic) bond motifs is 1. The number of amides is 3. The second-order valence-corrected chi connectivity index (χ2v) is 8.17. The Morgan fingerprint density at radius 1 is 1.29 bits per heavy atom. The fourth-order valence-corrected chi connectivity index (χ4v) is 4.81. The van der Waals surface area contributed by atoms with Crippen LogP contribution in [0, 0.1) is 5.41 Å². The summed E-state index contributed by atoms with van der Waals surface area (Å²) in [7, 11) is 1.59. The van der Waals surface area contributed by atoms with Crippen molar-refractivity contribution in [3.05, 3.63) is 23.8 Å². The largest absolute Gasteiger partial charge is 0.497 e. The summed E-state index contributed by atoms with van der Waals surface area (Å²) in [6.45, 7) is 4.84. The predicted octanol–water partition coefficient (Wildman–Crippen LogP) is 1.98. The van der Waals surface area contributed by atoms with Crippen LogP contribution in [0.25, 0.3) is 0 Å². The topological polar surface area (TPSA) is 79.0 Å². The Bertz CT molecular complexity index is 814. The van der Waals surface area contributed by atoms with E-state index in [4.69, 9.17) is 4.74 Å². The molecule has 0 radical (unpaired) electrons. The number of methoxy groups -OCH3 is 1. The first-order valence-electron chi connectivity index (χ1n) is 9.99. The number of hydrogen-bond donors (Lipinski definition) is 1. The number of nitrogens with zero attached hydrogens (tertiary/aromatic N) is 2. The van der Waals surface area contributed by atoms with Crippen molar-refractivity contribution in [2.75, 3.05) is 38.6 Å². The van der Waals surface area contributed by atoms with Gasteiger partial charge in [0.05, 0.1) is 13.0 Å². The normalized spacial score (nSPS) is 23.6.